The van der Waals surface area contributed by atoms with E-state index in [-0.39, 0.29) is 17.9 Å². The van der Waals surface area contributed by atoms with Gasteiger partial charge in [-0.1, -0.05) is 0 Å². The van der Waals surface area contributed by atoms with Crippen LogP contribution in [-0.2, 0) is 23.8 Å². The van der Waals surface area contributed by atoms with E-state index in [0.29, 0.717) is 19.8 Å². The van der Waals surface area contributed by atoms with Crippen molar-refractivity contribution in [2.75, 3.05) is 19.8 Å². The van der Waals surface area contributed by atoms with Gasteiger partial charge in [0.1, 0.15) is 17.4 Å². The Balaban J connectivity index is 1.85. The summed E-state index contributed by atoms with van der Waals surface area (Å²) in [4.78, 5) is 5.98. The number of nitrogens with zero attached hydrogens (tertiary/aromatic N) is 1. The largest absolute Gasteiger partial charge is 0.357 e. The van der Waals surface area contributed by atoms with E-state index in [2.05, 4.69) is 0 Å². The van der Waals surface area contributed by atoms with Gasteiger partial charge in [0, 0.05) is 13.0 Å². The molecule has 0 aromatic heterocycles. The highest BCUT2D eigenvalue weighted by molar-refractivity contribution is 5.07. The molecular weight excluding hydrogens is 262 g/mol. The van der Waals surface area contributed by atoms with Crippen LogP contribution in [0.3, 0.4) is 0 Å². The molecule has 116 valence electrons. The first-order valence-electron chi connectivity index (χ1n) is 7.33. The lowest BCUT2D eigenvalue weighted by molar-refractivity contribution is -0.307. The molecule has 20 heavy (non-hydrogen) atoms. The molecule has 0 aromatic rings. The smallest absolute Gasteiger partial charge is 0.179 e. The van der Waals surface area contributed by atoms with Gasteiger partial charge >= 0.3 is 0 Å². The normalized spacial score (nSPS) is 43.0. The van der Waals surface area contributed by atoms with E-state index < -0.39 is 11.5 Å². The van der Waals surface area contributed by atoms with Gasteiger partial charge in [-0.15, -0.1) is 5.06 Å². The molecule has 0 radical (unpaired) electrons. The number of rotatable bonds is 3. The average Bonchev–Trinajstić information content (AvgIpc) is 2.95. The average molecular weight is 287 g/mol. The van der Waals surface area contributed by atoms with Crippen LogP contribution < -0.4 is 0 Å². The molecule has 6 nitrogen and oxygen atoms in total. The Morgan fingerprint density at radius 2 is 1.95 bits per heavy atom. The maximum absolute atomic E-state index is 6.08. The van der Waals surface area contributed by atoms with Crippen molar-refractivity contribution in [1.82, 2.24) is 5.06 Å². The number of hydrogen-bond acceptors (Lipinski definition) is 6. The van der Waals surface area contributed by atoms with Crippen molar-refractivity contribution in [3.63, 3.8) is 0 Å². The summed E-state index contributed by atoms with van der Waals surface area (Å²) in [5, 5.41) is 1.93. The van der Waals surface area contributed by atoms with Crippen LogP contribution in [0.25, 0.3) is 0 Å². The number of hydrogen-bond donors (Lipinski definition) is 0. The van der Waals surface area contributed by atoms with E-state index in [4.69, 9.17) is 23.8 Å². The zero-order valence-corrected chi connectivity index (χ0v) is 13.0. The Morgan fingerprint density at radius 3 is 2.55 bits per heavy atom. The predicted molar refractivity (Wildman–Crippen MR) is 70.6 cm³/mol. The third kappa shape index (κ3) is 2.19. The predicted octanol–water partition coefficient (Wildman–Crippen LogP) is 1.64. The van der Waals surface area contributed by atoms with Crippen molar-refractivity contribution >= 4 is 0 Å². The topological polar surface area (TPSA) is 49.4 Å². The Bertz CT molecular complexity index is 386. The highest BCUT2D eigenvalue weighted by Crippen LogP contribution is 2.49. The van der Waals surface area contributed by atoms with Gasteiger partial charge in [0.25, 0.3) is 0 Å². The summed E-state index contributed by atoms with van der Waals surface area (Å²) in [5.41, 5.74) is -0.820. The van der Waals surface area contributed by atoms with Gasteiger partial charge in [0.05, 0.1) is 13.2 Å². The number of hydroxylamine groups is 2. The summed E-state index contributed by atoms with van der Waals surface area (Å²) >= 11 is 0. The summed E-state index contributed by atoms with van der Waals surface area (Å²) in [5.74, 6) is -0.554. The molecule has 0 bridgehead atoms. The molecule has 0 amide bonds. The van der Waals surface area contributed by atoms with Crippen molar-refractivity contribution in [2.24, 2.45) is 0 Å². The Morgan fingerprint density at radius 1 is 1.20 bits per heavy atom. The maximum Gasteiger partial charge on any atom is 0.179 e. The van der Waals surface area contributed by atoms with Crippen LogP contribution in [0.15, 0.2) is 0 Å². The molecule has 2 unspecified atom stereocenters. The molecule has 0 saturated carbocycles. The van der Waals surface area contributed by atoms with Crippen LogP contribution in [0.1, 0.15) is 41.0 Å². The van der Waals surface area contributed by atoms with Gasteiger partial charge in [0.2, 0.25) is 0 Å². The summed E-state index contributed by atoms with van der Waals surface area (Å²) in [7, 11) is 0. The van der Waals surface area contributed by atoms with Crippen molar-refractivity contribution in [1.29, 1.82) is 0 Å². The molecule has 6 heteroatoms. The molecule has 3 aliphatic heterocycles. The van der Waals surface area contributed by atoms with Gasteiger partial charge in [-0.25, -0.2) is 0 Å². The van der Waals surface area contributed by atoms with E-state index in [1.165, 1.54) is 0 Å². The van der Waals surface area contributed by atoms with Gasteiger partial charge in [-0.05, 0) is 34.6 Å². The van der Waals surface area contributed by atoms with Crippen molar-refractivity contribution in [3.05, 3.63) is 0 Å². The monoisotopic (exact) mass is 287 g/mol. The molecule has 3 atom stereocenters. The van der Waals surface area contributed by atoms with Crippen LogP contribution in [0.5, 0.6) is 0 Å². The van der Waals surface area contributed by atoms with E-state index in [1.807, 2.05) is 39.7 Å². The molecule has 0 aliphatic carbocycles. The van der Waals surface area contributed by atoms with E-state index in [9.17, 15) is 0 Å². The van der Waals surface area contributed by atoms with Crippen LogP contribution in [0, 0.1) is 0 Å². The van der Waals surface area contributed by atoms with E-state index in [1.54, 1.807) is 0 Å². The number of ether oxygens (including phenoxy) is 4. The van der Waals surface area contributed by atoms with Crippen molar-refractivity contribution < 1.29 is 23.8 Å². The minimum absolute atomic E-state index is 0.0790. The van der Waals surface area contributed by atoms with Crippen molar-refractivity contribution in [3.8, 4) is 0 Å². The summed E-state index contributed by atoms with van der Waals surface area (Å²) < 4.78 is 23.4. The molecule has 3 rings (SSSR count). The lowest BCUT2D eigenvalue weighted by atomic mass is 9.90. The molecule has 3 heterocycles. The SMILES string of the molecule is CCOC1CC2([C@@H]3COC(C)(C)O3)COC(C)(C)N2O1. The zero-order valence-electron chi connectivity index (χ0n) is 13.0. The fourth-order valence-corrected chi connectivity index (χ4v) is 3.35. The first-order chi connectivity index (χ1) is 9.29. The van der Waals surface area contributed by atoms with Crippen LogP contribution in [-0.4, -0.2) is 54.3 Å². The molecule has 0 aromatic carbocycles. The number of fused-ring (bicyclic) bond motifs is 1. The maximum atomic E-state index is 6.08. The summed E-state index contributed by atoms with van der Waals surface area (Å²) in [6.45, 7) is 11.6. The Hall–Kier alpha value is -0.240. The Labute approximate surface area is 120 Å². The third-order valence-electron chi connectivity index (χ3n) is 4.27. The second-order valence-corrected chi connectivity index (χ2v) is 6.65. The second-order valence-electron chi connectivity index (χ2n) is 6.65. The van der Waals surface area contributed by atoms with E-state index >= 15 is 0 Å². The fourth-order valence-electron chi connectivity index (χ4n) is 3.35. The molecule has 3 saturated heterocycles. The second kappa shape index (κ2) is 4.63. The van der Waals surface area contributed by atoms with Crippen molar-refractivity contribution in [2.45, 2.75) is 70.5 Å². The standard InChI is InChI=1S/C14H25NO5/c1-6-16-11-7-14(10-8-17-13(4,5)19-10)9-18-12(2,3)15(14)20-11/h10-11H,6-9H2,1-5H3/t10-,11?,14?/m0/s1. The summed E-state index contributed by atoms with van der Waals surface area (Å²) in [6, 6.07) is 0. The Kier molecular flexibility index (Phi) is 3.40. The summed E-state index contributed by atoms with van der Waals surface area (Å²) in [6.07, 6.45) is 0.411. The first-order valence-corrected chi connectivity index (χ1v) is 7.33. The van der Waals surface area contributed by atoms with E-state index in [0.717, 1.165) is 6.42 Å². The lowest BCUT2D eigenvalue weighted by Gasteiger charge is -2.36. The highest BCUT2D eigenvalue weighted by Gasteiger charge is 2.65. The molecule has 3 fully saturated rings. The van der Waals surface area contributed by atoms with Gasteiger partial charge in [-0.3, -0.25) is 4.84 Å². The third-order valence-corrected chi connectivity index (χ3v) is 4.27. The van der Waals surface area contributed by atoms with Gasteiger partial charge in [-0.2, -0.15) is 0 Å². The molecular formula is C14H25NO5. The van der Waals surface area contributed by atoms with Crippen LogP contribution in [0.2, 0.25) is 0 Å². The quantitative estimate of drug-likeness (QED) is 0.786. The molecule has 3 aliphatic rings. The van der Waals surface area contributed by atoms with Gasteiger partial charge in [0.15, 0.2) is 12.1 Å². The zero-order chi connectivity index (χ0) is 14.6. The minimum atomic E-state index is -0.554. The first kappa shape index (κ1) is 14.7. The minimum Gasteiger partial charge on any atom is -0.357 e. The van der Waals surface area contributed by atoms with Crippen LogP contribution >= 0.6 is 0 Å². The van der Waals surface area contributed by atoms with Crippen LogP contribution in [0.4, 0.5) is 0 Å². The molecule has 0 spiro atoms. The lowest BCUT2D eigenvalue weighted by Crippen LogP contribution is -2.55. The van der Waals surface area contributed by atoms with Gasteiger partial charge < -0.3 is 18.9 Å². The molecule has 0 N–H and O–H groups in total. The fraction of sp³-hybridized carbons (Fsp3) is 1.00. The highest BCUT2D eigenvalue weighted by atomic mass is 16.8.